The van der Waals surface area contributed by atoms with Gasteiger partial charge in [-0.15, -0.1) is 0 Å². The van der Waals surface area contributed by atoms with E-state index in [0.29, 0.717) is 17.2 Å². The van der Waals surface area contributed by atoms with Gasteiger partial charge >= 0.3 is 0 Å². The lowest BCUT2D eigenvalue weighted by Crippen LogP contribution is -2.38. The molecule has 0 aliphatic carbocycles. The molecule has 0 bridgehead atoms. The molecule has 0 radical (unpaired) electrons. The van der Waals surface area contributed by atoms with Crippen molar-refractivity contribution >= 4 is 17.4 Å². The fourth-order valence-electron chi connectivity index (χ4n) is 4.57. The van der Waals surface area contributed by atoms with Crippen LogP contribution in [0.1, 0.15) is 35.1 Å². The molecule has 150 valence electrons. The van der Waals surface area contributed by atoms with Crippen molar-refractivity contribution in [2.24, 2.45) is 5.92 Å². The Morgan fingerprint density at radius 1 is 0.931 bits per heavy atom. The molecule has 2 aromatic rings. The van der Waals surface area contributed by atoms with E-state index in [2.05, 4.69) is 35.2 Å². The Hall–Kier alpha value is -2.88. The summed E-state index contributed by atoms with van der Waals surface area (Å²) in [5, 5.41) is 0. The maximum absolute atomic E-state index is 13.0. The standard InChI is InChI=1S/C25H28N2O2/c1-17-9-10-21(18(2)15-17)22-23(25(29)26(3)24(22)28)27-13-11-20(12-14-27)16-19-7-5-4-6-8-19/h4-10,15,20H,11-14,16H2,1-3H3. The zero-order valence-corrected chi connectivity index (χ0v) is 17.4. The number of rotatable bonds is 4. The number of likely N-dealkylation sites (N-methyl/N-ethyl adjacent to an activating group) is 1. The first-order chi connectivity index (χ1) is 14.0. The Morgan fingerprint density at radius 3 is 2.28 bits per heavy atom. The Bertz CT molecular complexity index is 970. The number of carbonyl (C=O) groups is 2. The summed E-state index contributed by atoms with van der Waals surface area (Å²) in [6.45, 7) is 5.68. The minimum Gasteiger partial charge on any atom is -0.366 e. The van der Waals surface area contributed by atoms with Gasteiger partial charge in [0.2, 0.25) is 0 Å². The highest BCUT2D eigenvalue weighted by Crippen LogP contribution is 2.35. The van der Waals surface area contributed by atoms with Crippen molar-refractivity contribution in [3.05, 3.63) is 76.5 Å². The number of carbonyl (C=O) groups excluding carboxylic acids is 2. The van der Waals surface area contributed by atoms with Gasteiger partial charge < -0.3 is 4.90 Å². The van der Waals surface area contributed by atoms with E-state index in [9.17, 15) is 9.59 Å². The van der Waals surface area contributed by atoms with Crippen LogP contribution in [0.25, 0.3) is 5.57 Å². The van der Waals surface area contributed by atoms with Crippen LogP contribution >= 0.6 is 0 Å². The Morgan fingerprint density at radius 2 is 1.62 bits per heavy atom. The summed E-state index contributed by atoms with van der Waals surface area (Å²) < 4.78 is 0. The number of hydrogen-bond acceptors (Lipinski definition) is 3. The predicted octanol–water partition coefficient (Wildman–Crippen LogP) is 3.97. The molecule has 4 rings (SSSR count). The fourth-order valence-corrected chi connectivity index (χ4v) is 4.57. The molecule has 2 amide bonds. The van der Waals surface area contributed by atoms with Gasteiger partial charge in [-0.05, 0) is 55.7 Å². The summed E-state index contributed by atoms with van der Waals surface area (Å²) >= 11 is 0. The van der Waals surface area contributed by atoms with Crippen molar-refractivity contribution < 1.29 is 9.59 Å². The molecule has 29 heavy (non-hydrogen) atoms. The van der Waals surface area contributed by atoms with Gasteiger partial charge in [0.05, 0.1) is 5.57 Å². The number of likely N-dealkylation sites (tertiary alicyclic amines) is 1. The van der Waals surface area contributed by atoms with Gasteiger partial charge in [0.25, 0.3) is 11.8 Å². The second kappa shape index (κ2) is 7.86. The molecule has 0 atom stereocenters. The quantitative estimate of drug-likeness (QED) is 0.744. The number of nitrogens with zero attached hydrogens (tertiary/aromatic N) is 2. The number of aryl methyl sites for hydroxylation is 2. The van der Waals surface area contributed by atoms with Gasteiger partial charge in [0, 0.05) is 20.1 Å². The van der Waals surface area contributed by atoms with Crippen molar-refractivity contribution in [1.82, 2.24) is 9.80 Å². The molecule has 0 unspecified atom stereocenters. The molecular formula is C25H28N2O2. The molecule has 1 saturated heterocycles. The zero-order chi connectivity index (χ0) is 20.5. The molecule has 4 heteroatoms. The Labute approximate surface area is 172 Å². The zero-order valence-electron chi connectivity index (χ0n) is 17.4. The van der Waals surface area contributed by atoms with Gasteiger partial charge in [0.1, 0.15) is 5.70 Å². The van der Waals surface area contributed by atoms with E-state index in [1.165, 1.54) is 10.5 Å². The van der Waals surface area contributed by atoms with E-state index in [4.69, 9.17) is 0 Å². The smallest absolute Gasteiger partial charge is 0.277 e. The van der Waals surface area contributed by atoms with E-state index in [1.54, 1.807) is 7.05 Å². The highest BCUT2D eigenvalue weighted by atomic mass is 16.2. The fraction of sp³-hybridized carbons (Fsp3) is 0.360. The van der Waals surface area contributed by atoms with Crippen LogP contribution < -0.4 is 0 Å². The first-order valence-electron chi connectivity index (χ1n) is 10.4. The third-order valence-corrected chi connectivity index (χ3v) is 6.21. The third kappa shape index (κ3) is 3.71. The van der Waals surface area contributed by atoms with Crippen LogP contribution in [0.3, 0.4) is 0 Å². The number of imide groups is 1. The maximum atomic E-state index is 13.0. The van der Waals surface area contributed by atoms with E-state index in [0.717, 1.165) is 49.0 Å². The largest absolute Gasteiger partial charge is 0.366 e. The molecule has 0 N–H and O–H groups in total. The number of hydrogen-bond donors (Lipinski definition) is 0. The maximum Gasteiger partial charge on any atom is 0.277 e. The normalized spacial score (nSPS) is 18.2. The predicted molar refractivity (Wildman–Crippen MR) is 115 cm³/mol. The molecule has 0 aromatic heterocycles. The van der Waals surface area contributed by atoms with Crippen molar-refractivity contribution in [2.75, 3.05) is 20.1 Å². The average Bonchev–Trinajstić information content (AvgIpc) is 2.94. The summed E-state index contributed by atoms with van der Waals surface area (Å²) in [5.41, 5.74) is 5.58. The third-order valence-electron chi connectivity index (χ3n) is 6.21. The number of piperidine rings is 1. The van der Waals surface area contributed by atoms with Gasteiger partial charge in [-0.1, -0.05) is 54.1 Å². The number of amides is 2. The summed E-state index contributed by atoms with van der Waals surface area (Å²) in [6, 6.07) is 16.6. The molecule has 2 heterocycles. The van der Waals surface area contributed by atoms with E-state index in [1.807, 2.05) is 32.0 Å². The monoisotopic (exact) mass is 388 g/mol. The molecule has 2 aliphatic rings. The highest BCUT2D eigenvalue weighted by Gasteiger charge is 2.40. The molecule has 2 aliphatic heterocycles. The number of benzene rings is 2. The van der Waals surface area contributed by atoms with Gasteiger partial charge in [-0.25, -0.2) is 0 Å². The van der Waals surface area contributed by atoms with Crippen LogP contribution in [-0.4, -0.2) is 41.8 Å². The van der Waals surface area contributed by atoms with Crippen molar-refractivity contribution in [3.8, 4) is 0 Å². The molecule has 2 aromatic carbocycles. The first-order valence-corrected chi connectivity index (χ1v) is 10.4. The van der Waals surface area contributed by atoms with E-state index >= 15 is 0 Å². The molecular weight excluding hydrogens is 360 g/mol. The Balaban J connectivity index is 1.59. The molecule has 0 saturated carbocycles. The summed E-state index contributed by atoms with van der Waals surface area (Å²) in [6.07, 6.45) is 3.14. The molecule has 1 fully saturated rings. The lowest BCUT2D eigenvalue weighted by Gasteiger charge is -2.34. The van der Waals surface area contributed by atoms with E-state index in [-0.39, 0.29) is 11.8 Å². The lowest BCUT2D eigenvalue weighted by molar-refractivity contribution is -0.136. The summed E-state index contributed by atoms with van der Waals surface area (Å²) in [7, 11) is 1.59. The Kier molecular flexibility index (Phi) is 5.27. The van der Waals surface area contributed by atoms with Crippen LogP contribution in [-0.2, 0) is 16.0 Å². The van der Waals surface area contributed by atoms with Crippen LogP contribution in [0.15, 0.2) is 54.2 Å². The second-order valence-corrected chi connectivity index (χ2v) is 8.33. The van der Waals surface area contributed by atoms with Crippen LogP contribution in [0.4, 0.5) is 0 Å². The first kappa shape index (κ1) is 19.4. The van der Waals surface area contributed by atoms with Crippen molar-refractivity contribution in [2.45, 2.75) is 33.1 Å². The molecule has 4 nitrogen and oxygen atoms in total. The second-order valence-electron chi connectivity index (χ2n) is 8.33. The van der Waals surface area contributed by atoms with Crippen LogP contribution in [0.2, 0.25) is 0 Å². The van der Waals surface area contributed by atoms with Crippen molar-refractivity contribution in [1.29, 1.82) is 0 Å². The molecule has 0 spiro atoms. The highest BCUT2D eigenvalue weighted by molar-refractivity contribution is 6.35. The lowest BCUT2D eigenvalue weighted by atomic mass is 9.89. The summed E-state index contributed by atoms with van der Waals surface area (Å²) in [5.74, 6) is 0.249. The van der Waals surface area contributed by atoms with Gasteiger partial charge in [-0.3, -0.25) is 14.5 Å². The summed E-state index contributed by atoms with van der Waals surface area (Å²) in [4.78, 5) is 29.3. The minimum atomic E-state index is -0.191. The van der Waals surface area contributed by atoms with Crippen LogP contribution in [0.5, 0.6) is 0 Å². The SMILES string of the molecule is Cc1ccc(C2=C(N3CCC(Cc4ccccc4)CC3)C(=O)N(C)C2=O)c(C)c1. The van der Waals surface area contributed by atoms with Crippen LogP contribution in [0, 0.1) is 19.8 Å². The minimum absolute atomic E-state index is 0.175. The van der Waals surface area contributed by atoms with Gasteiger partial charge in [0.15, 0.2) is 0 Å². The van der Waals surface area contributed by atoms with Gasteiger partial charge in [-0.2, -0.15) is 0 Å². The average molecular weight is 389 g/mol. The van der Waals surface area contributed by atoms with E-state index < -0.39 is 0 Å². The topological polar surface area (TPSA) is 40.6 Å². The van der Waals surface area contributed by atoms with Crippen molar-refractivity contribution in [3.63, 3.8) is 0 Å².